The van der Waals surface area contributed by atoms with Crippen LogP contribution in [0.5, 0.6) is 0 Å². The van der Waals surface area contributed by atoms with Crippen LogP contribution >= 0.6 is 12.4 Å². The first kappa shape index (κ1) is 16.2. The van der Waals surface area contributed by atoms with E-state index in [4.69, 9.17) is 0 Å². The number of hydrogen-bond donors (Lipinski definition) is 1. The topological polar surface area (TPSA) is 49.4 Å². The average Bonchev–Trinajstić information content (AvgIpc) is 2.16. The largest absolute Gasteiger partial charge is 0.314 e. The van der Waals surface area contributed by atoms with E-state index in [9.17, 15) is 8.42 Å². The molecule has 1 rings (SSSR count). The number of halogens is 1. The Morgan fingerprint density at radius 3 is 2.56 bits per heavy atom. The highest BCUT2D eigenvalue weighted by molar-refractivity contribution is 7.92. The first-order valence-electron chi connectivity index (χ1n) is 5.60. The fourth-order valence-electron chi connectivity index (χ4n) is 1.70. The minimum absolute atomic E-state index is 0. The van der Waals surface area contributed by atoms with Crippen LogP contribution in [0.15, 0.2) is 0 Å². The number of piperazine rings is 1. The van der Waals surface area contributed by atoms with Gasteiger partial charge in [0.15, 0.2) is 9.84 Å². The van der Waals surface area contributed by atoms with Gasteiger partial charge in [-0.1, -0.05) is 0 Å². The molecule has 0 radical (unpaired) electrons. The molecule has 0 spiro atoms. The number of nitrogens with zero attached hydrogens (tertiary/aromatic N) is 1. The summed E-state index contributed by atoms with van der Waals surface area (Å²) in [6, 6.07) is 0.445. The smallest absolute Gasteiger partial charge is 0.153 e. The van der Waals surface area contributed by atoms with E-state index in [0.717, 1.165) is 19.6 Å². The van der Waals surface area contributed by atoms with Gasteiger partial charge in [-0.3, -0.25) is 4.90 Å². The van der Waals surface area contributed by atoms with E-state index in [1.807, 2.05) is 0 Å². The summed E-state index contributed by atoms with van der Waals surface area (Å²) < 4.78 is 23.3. The first-order valence-corrected chi connectivity index (χ1v) is 7.31. The van der Waals surface area contributed by atoms with Gasteiger partial charge in [-0.15, -0.1) is 12.4 Å². The Morgan fingerprint density at radius 1 is 1.44 bits per heavy atom. The lowest BCUT2D eigenvalue weighted by Gasteiger charge is -2.33. The van der Waals surface area contributed by atoms with Crippen LogP contribution in [0.25, 0.3) is 0 Å². The van der Waals surface area contributed by atoms with Crippen molar-refractivity contribution in [1.29, 1.82) is 0 Å². The zero-order valence-corrected chi connectivity index (χ0v) is 11.9. The molecule has 1 saturated heterocycles. The first-order chi connectivity index (χ1) is 6.93. The lowest BCUT2D eigenvalue weighted by atomic mass is 10.2. The number of nitrogens with one attached hydrogen (secondary N) is 1. The van der Waals surface area contributed by atoms with Crippen molar-refractivity contribution in [2.45, 2.75) is 32.1 Å². The lowest BCUT2D eigenvalue weighted by Crippen LogP contribution is -2.51. The third-order valence-electron chi connectivity index (χ3n) is 3.02. The SMILES string of the molecule is CC(C)S(=O)(=O)CCN1CCNC[C@H]1C.Cl. The summed E-state index contributed by atoms with van der Waals surface area (Å²) in [4.78, 5) is 2.25. The molecule has 1 N–H and O–H groups in total. The predicted octanol–water partition coefficient (Wildman–Crippen LogP) is 0.525. The molecule has 1 aliphatic rings. The van der Waals surface area contributed by atoms with Crippen molar-refractivity contribution in [3.63, 3.8) is 0 Å². The van der Waals surface area contributed by atoms with E-state index < -0.39 is 9.84 Å². The highest BCUT2D eigenvalue weighted by atomic mass is 35.5. The standard InChI is InChI=1S/C10H22N2O2S.ClH/c1-9(2)15(13,14)7-6-12-5-4-11-8-10(12)3;/h9-11H,4-8H2,1-3H3;1H/t10-;/m1./s1. The summed E-state index contributed by atoms with van der Waals surface area (Å²) >= 11 is 0. The van der Waals surface area contributed by atoms with Crippen LogP contribution in [0.4, 0.5) is 0 Å². The Labute approximate surface area is 105 Å². The summed E-state index contributed by atoms with van der Waals surface area (Å²) in [5.41, 5.74) is 0. The van der Waals surface area contributed by atoms with E-state index in [2.05, 4.69) is 17.1 Å². The van der Waals surface area contributed by atoms with Gasteiger partial charge >= 0.3 is 0 Å². The molecule has 0 aromatic carbocycles. The van der Waals surface area contributed by atoms with Crippen molar-refractivity contribution in [2.24, 2.45) is 0 Å². The molecule has 1 aliphatic heterocycles. The molecule has 0 aromatic heterocycles. The number of hydrogen-bond acceptors (Lipinski definition) is 4. The quantitative estimate of drug-likeness (QED) is 0.810. The summed E-state index contributed by atoms with van der Waals surface area (Å²) in [7, 11) is -2.88. The normalized spacial score (nSPS) is 23.1. The molecule has 0 unspecified atom stereocenters. The minimum atomic E-state index is -2.88. The minimum Gasteiger partial charge on any atom is -0.314 e. The van der Waals surface area contributed by atoms with Crippen LogP contribution < -0.4 is 5.32 Å². The average molecular weight is 271 g/mol. The number of sulfone groups is 1. The van der Waals surface area contributed by atoms with E-state index in [-0.39, 0.29) is 23.4 Å². The van der Waals surface area contributed by atoms with E-state index in [0.29, 0.717) is 12.6 Å². The molecule has 1 heterocycles. The molecular formula is C10H23ClN2O2S. The molecule has 98 valence electrons. The highest BCUT2D eigenvalue weighted by Crippen LogP contribution is 2.06. The van der Waals surface area contributed by atoms with Gasteiger partial charge in [-0.25, -0.2) is 8.42 Å². The highest BCUT2D eigenvalue weighted by Gasteiger charge is 2.22. The van der Waals surface area contributed by atoms with Gasteiger partial charge in [0.1, 0.15) is 0 Å². The summed E-state index contributed by atoms with van der Waals surface area (Å²) in [5, 5.41) is 3.04. The van der Waals surface area contributed by atoms with Crippen LogP contribution in [0.3, 0.4) is 0 Å². The summed E-state index contributed by atoms with van der Waals surface area (Å²) in [5.74, 6) is 0.287. The molecule has 1 fully saturated rings. The summed E-state index contributed by atoms with van der Waals surface area (Å²) in [6.07, 6.45) is 0. The van der Waals surface area contributed by atoms with E-state index in [1.54, 1.807) is 13.8 Å². The zero-order valence-electron chi connectivity index (χ0n) is 10.3. The maximum absolute atomic E-state index is 11.6. The molecule has 0 amide bonds. The maximum Gasteiger partial charge on any atom is 0.153 e. The second kappa shape index (κ2) is 6.79. The van der Waals surface area contributed by atoms with Crippen LogP contribution in [0.1, 0.15) is 20.8 Å². The lowest BCUT2D eigenvalue weighted by molar-refractivity contribution is 0.184. The second-order valence-corrected chi connectivity index (χ2v) is 7.18. The van der Waals surface area contributed by atoms with Crippen molar-refractivity contribution in [2.75, 3.05) is 31.9 Å². The van der Waals surface area contributed by atoms with Crippen molar-refractivity contribution < 1.29 is 8.42 Å². The van der Waals surface area contributed by atoms with Crippen LogP contribution in [-0.4, -0.2) is 56.5 Å². The molecule has 4 nitrogen and oxygen atoms in total. The van der Waals surface area contributed by atoms with Gasteiger partial charge < -0.3 is 5.32 Å². The van der Waals surface area contributed by atoms with Crippen LogP contribution in [-0.2, 0) is 9.84 Å². The molecule has 0 aliphatic carbocycles. The Morgan fingerprint density at radius 2 is 2.06 bits per heavy atom. The third kappa shape index (κ3) is 4.57. The molecule has 6 heteroatoms. The van der Waals surface area contributed by atoms with E-state index in [1.165, 1.54) is 0 Å². The Kier molecular flexibility index (Phi) is 6.86. The van der Waals surface area contributed by atoms with Gasteiger partial charge in [0.2, 0.25) is 0 Å². The Hall–Kier alpha value is 0.160. The zero-order chi connectivity index (χ0) is 11.5. The molecule has 1 atom stereocenters. The molecule has 0 bridgehead atoms. The van der Waals surface area contributed by atoms with Crippen molar-refractivity contribution >= 4 is 22.2 Å². The van der Waals surface area contributed by atoms with Crippen molar-refractivity contribution in [3.8, 4) is 0 Å². The Bertz CT molecular complexity index is 293. The van der Waals surface area contributed by atoms with Gasteiger partial charge in [-0.2, -0.15) is 0 Å². The molecule has 16 heavy (non-hydrogen) atoms. The summed E-state index contributed by atoms with van der Waals surface area (Å²) in [6.45, 7) is 9.17. The van der Waals surface area contributed by atoms with Gasteiger partial charge in [0, 0.05) is 32.2 Å². The fourth-order valence-corrected chi connectivity index (χ4v) is 2.66. The van der Waals surface area contributed by atoms with Gasteiger partial charge in [-0.05, 0) is 20.8 Å². The van der Waals surface area contributed by atoms with Crippen LogP contribution in [0, 0.1) is 0 Å². The van der Waals surface area contributed by atoms with Gasteiger partial charge in [0.25, 0.3) is 0 Å². The monoisotopic (exact) mass is 270 g/mol. The van der Waals surface area contributed by atoms with Crippen molar-refractivity contribution in [1.82, 2.24) is 10.2 Å². The second-order valence-electron chi connectivity index (χ2n) is 4.50. The maximum atomic E-state index is 11.6. The third-order valence-corrected chi connectivity index (χ3v) is 5.21. The van der Waals surface area contributed by atoms with Crippen molar-refractivity contribution in [3.05, 3.63) is 0 Å². The number of rotatable bonds is 4. The Balaban J connectivity index is 0.00000225. The van der Waals surface area contributed by atoms with Gasteiger partial charge in [0.05, 0.1) is 11.0 Å². The molecular weight excluding hydrogens is 248 g/mol. The fraction of sp³-hybridized carbons (Fsp3) is 1.00. The van der Waals surface area contributed by atoms with E-state index >= 15 is 0 Å². The predicted molar refractivity (Wildman–Crippen MR) is 70.1 cm³/mol. The molecule has 0 saturated carbocycles. The molecule has 0 aromatic rings. The van der Waals surface area contributed by atoms with Crippen LogP contribution in [0.2, 0.25) is 0 Å².